The molecule has 0 saturated carbocycles. The zero-order chi connectivity index (χ0) is 19.9. The van der Waals surface area contributed by atoms with Crippen LogP contribution in [0.1, 0.15) is 33.5 Å². The zero-order valence-corrected chi connectivity index (χ0v) is 15.0. The summed E-state index contributed by atoms with van der Waals surface area (Å²) < 4.78 is 50.7. The second-order valence-electron chi connectivity index (χ2n) is 6.38. The minimum absolute atomic E-state index is 0.113. The van der Waals surface area contributed by atoms with Crippen molar-refractivity contribution in [2.24, 2.45) is 7.05 Å². The van der Waals surface area contributed by atoms with Crippen LogP contribution in [0.4, 0.5) is 13.2 Å². The van der Waals surface area contributed by atoms with E-state index in [1.54, 1.807) is 6.92 Å². The van der Waals surface area contributed by atoms with E-state index in [4.69, 9.17) is 9.26 Å². The van der Waals surface area contributed by atoms with Gasteiger partial charge in [0.1, 0.15) is 6.54 Å². The van der Waals surface area contributed by atoms with Gasteiger partial charge >= 0.3 is 6.18 Å². The number of amides is 1. The fourth-order valence-electron chi connectivity index (χ4n) is 3.27. The summed E-state index contributed by atoms with van der Waals surface area (Å²) in [5.41, 5.74) is 0.742. The summed E-state index contributed by atoms with van der Waals surface area (Å²) in [5, 5.41) is 3.98. The van der Waals surface area contributed by atoms with E-state index in [0.717, 1.165) is 15.5 Å². The van der Waals surface area contributed by atoms with Gasteiger partial charge in [-0.15, -0.1) is 0 Å². The first-order valence-corrected chi connectivity index (χ1v) is 8.25. The summed E-state index contributed by atoms with van der Waals surface area (Å²) in [5.74, 6) is -0.657. The van der Waals surface area contributed by atoms with Gasteiger partial charge in [0.2, 0.25) is 5.76 Å². The van der Waals surface area contributed by atoms with Crippen molar-refractivity contribution in [2.45, 2.75) is 32.6 Å². The molecule has 27 heavy (non-hydrogen) atoms. The Kier molecular flexibility index (Phi) is 4.89. The number of aryl methyl sites for hydroxylation is 2. The maximum absolute atomic E-state index is 12.8. The molecule has 2 aromatic heterocycles. The van der Waals surface area contributed by atoms with Crippen LogP contribution in [-0.2, 0) is 18.3 Å². The molecule has 0 radical (unpaired) electrons. The Balaban J connectivity index is 1.96. The Morgan fingerprint density at radius 2 is 2.07 bits per heavy atom. The van der Waals surface area contributed by atoms with Crippen molar-refractivity contribution in [1.82, 2.24) is 19.4 Å². The molecule has 1 saturated heterocycles. The Bertz CT molecular complexity index is 912. The quantitative estimate of drug-likeness (QED) is 0.797. The number of morpholine rings is 1. The Hall–Kier alpha value is -2.56. The maximum Gasteiger partial charge on any atom is 0.408 e. The Morgan fingerprint density at radius 1 is 1.37 bits per heavy atom. The first kappa shape index (κ1) is 19.2. The van der Waals surface area contributed by atoms with Gasteiger partial charge in [-0.1, -0.05) is 0 Å². The predicted octanol–water partition coefficient (Wildman–Crippen LogP) is 1.57. The number of ether oxygens (including phenoxy) is 1. The summed E-state index contributed by atoms with van der Waals surface area (Å²) in [6, 6.07) is 0.459. The van der Waals surface area contributed by atoms with Crippen LogP contribution in [0, 0.1) is 13.8 Å². The molecule has 3 rings (SSSR count). The van der Waals surface area contributed by atoms with E-state index in [1.807, 2.05) is 0 Å². The number of aromatic nitrogens is 3. The topological polar surface area (TPSA) is 82.5 Å². The fourth-order valence-corrected chi connectivity index (χ4v) is 3.27. The lowest BCUT2D eigenvalue weighted by Crippen LogP contribution is -2.43. The molecule has 8 nitrogen and oxygen atoms in total. The smallest absolute Gasteiger partial charge is 0.377 e. The van der Waals surface area contributed by atoms with E-state index >= 15 is 0 Å². The van der Waals surface area contributed by atoms with Crippen LogP contribution in [0.15, 0.2) is 15.4 Å². The number of hydrogen-bond donors (Lipinski definition) is 0. The lowest BCUT2D eigenvalue weighted by Gasteiger charge is -2.35. The maximum atomic E-state index is 12.8. The van der Waals surface area contributed by atoms with Crippen molar-refractivity contribution >= 4 is 5.91 Å². The predicted molar refractivity (Wildman–Crippen MR) is 86.3 cm³/mol. The van der Waals surface area contributed by atoms with E-state index in [0.29, 0.717) is 17.0 Å². The van der Waals surface area contributed by atoms with E-state index in [9.17, 15) is 22.8 Å². The van der Waals surface area contributed by atoms with Gasteiger partial charge in [0, 0.05) is 24.8 Å². The van der Waals surface area contributed by atoms with E-state index in [2.05, 4.69) is 5.10 Å². The fraction of sp³-hybridized carbons (Fsp3) is 0.562. The molecule has 3 heterocycles. The lowest BCUT2D eigenvalue weighted by molar-refractivity contribution is -0.143. The van der Waals surface area contributed by atoms with Gasteiger partial charge in [-0.2, -0.15) is 23.0 Å². The molecule has 1 aliphatic rings. The van der Waals surface area contributed by atoms with Crippen molar-refractivity contribution in [3.8, 4) is 0 Å². The second kappa shape index (κ2) is 6.87. The van der Waals surface area contributed by atoms with Crippen molar-refractivity contribution in [2.75, 3.05) is 19.8 Å². The number of carbonyl (C=O) groups is 1. The molecule has 0 N–H and O–H groups in total. The van der Waals surface area contributed by atoms with Gasteiger partial charge in [0.15, 0.2) is 0 Å². The van der Waals surface area contributed by atoms with Crippen LogP contribution < -0.4 is 5.56 Å². The number of carbonyl (C=O) groups excluding carboxylic acids is 1. The van der Waals surface area contributed by atoms with Crippen LogP contribution in [0.2, 0.25) is 0 Å². The highest BCUT2D eigenvalue weighted by Gasteiger charge is 2.36. The van der Waals surface area contributed by atoms with E-state index < -0.39 is 30.2 Å². The second-order valence-corrected chi connectivity index (χ2v) is 6.38. The highest BCUT2D eigenvalue weighted by Crippen LogP contribution is 2.31. The highest BCUT2D eigenvalue weighted by molar-refractivity contribution is 5.91. The minimum atomic E-state index is -4.41. The van der Waals surface area contributed by atoms with Gasteiger partial charge in [-0.3, -0.25) is 14.3 Å². The van der Waals surface area contributed by atoms with Crippen molar-refractivity contribution in [3.63, 3.8) is 0 Å². The van der Waals surface area contributed by atoms with Crippen molar-refractivity contribution < 1.29 is 27.2 Å². The molecule has 148 valence electrons. The summed E-state index contributed by atoms with van der Waals surface area (Å²) in [7, 11) is 1.38. The van der Waals surface area contributed by atoms with E-state index in [1.165, 1.54) is 18.9 Å². The molecular weight excluding hydrogens is 369 g/mol. The zero-order valence-electron chi connectivity index (χ0n) is 15.0. The number of hydrogen-bond acceptors (Lipinski definition) is 5. The molecule has 11 heteroatoms. The first-order chi connectivity index (χ1) is 12.6. The van der Waals surface area contributed by atoms with Crippen LogP contribution >= 0.6 is 0 Å². The molecule has 0 spiro atoms. The molecule has 0 aliphatic carbocycles. The molecule has 1 amide bonds. The summed E-state index contributed by atoms with van der Waals surface area (Å²) >= 11 is 0. The molecule has 1 atom stereocenters. The van der Waals surface area contributed by atoms with Crippen LogP contribution in [0.3, 0.4) is 0 Å². The minimum Gasteiger partial charge on any atom is -0.377 e. The first-order valence-electron chi connectivity index (χ1n) is 8.25. The lowest BCUT2D eigenvalue weighted by atomic mass is 10.0. The van der Waals surface area contributed by atoms with Gasteiger partial charge in [0.05, 0.1) is 31.0 Å². The molecule has 0 bridgehead atoms. The third-order valence-corrected chi connectivity index (χ3v) is 4.50. The molecule has 1 unspecified atom stereocenters. The summed E-state index contributed by atoms with van der Waals surface area (Å²) in [6.07, 6.45) is -4.41. The Morgan fingerprint density at radius 3 is 2.67 bits per heavy atom. The standard InChI is InChI=1S/C16H19F3N4O4/c1-9-14(10(2)23(20-9)8-16(17,18)19)11-7-26-5-4-22(11)15(25)12-6-13(24)21(3)27-12/h6,11H,4-5,7-8H2,1-3H3. The number of alkyl halides is 3. The van der Waals surface area contributed by atoms with Gasteiger partial charge in [0.25, 0.3) is 11.5 Å². The monoisotopic (exact) mass is 388 g/mol. The largest absolute Gasteiger partial charge is 0.408 e. The SMILES string of the molecule is Cc1nn(CC(F)(F)F)c(C)c1C1COCCN1C(=O)c1cc(=O)n(C)o1. The number of rotatable bonds is 3. The molecule has 0 aromatic carbocycles. The summed E-state index contributed by atoms with van der Waals surface area (Å²) in [6.45, 7) is 2.51. The van der Waals surface area contributed by atoms with Gasteiger partial charge in [-0.25, -0.2) is 0 Å². The average molecular weight is 388 g/mol. The van der Waals surface area contributed by atoms with E-state index in [-0.39, 0.29) is 25.5 Å². The van der Waals surface area contributed by atoms with Crippen LogP contribution in [0.5, 0.6) is 0 Å². The normalized spacial score (nSPS) is 18.1. The summed E-state index contributed by atoms with van der Waals surface area (Å²) in [4.78, 5) is 25.8. The van der Waals surface area contributed by atoms with Crippen LogP contribution in [0.25, 0.3) is 0 Å². The Labute approximate surface area is 152 Å². The third kappa shape index (κ3) is 3.77. The molecule has 1 fully saturated rings. The van der Waals surface area contributed by atoms with Gasteiger partial charge < -0.3 is 14.2 Å². The average Bonchev–Trinajstić information content (AvgIpc) is 3.05. The highest BCUT2D eigenvalue weighted by atomic mass is 19.4. The molecule has 2 aromatic rings. The number of halogens is 3. The number of nitrogens with zero attached hydrogens (tertiary/aromatic N) is 4. The molecule has 1 aliphatic heterocycles. The molecular formula is C16H19F3N4O4. The van der Waals surface area contributed by atoms with Crippen molar-refractivity contribution in [3.05, 3.63) is 39.1 Å². The van der Waals surface area contributed by atoms with Crippen LogP contribution in [-0.4, -0.2) is 51.3 Å². The van der Waals surface area contributed by atoms with Crippen molar-refractivity contribution in [1.29, 1.82) is 0 Å². The van der Waals surface area contributed by atoms with Gasteiger partial charge in [-0.05, 0) is 13.8 Å². The third-order valence-electron chi connectivity index (χ3n) is 4.50.